The Bertz CT molecular complexity index is 224. The van der Waals surface area contributed by atoms with Crippen molar-refractivity contribution in [2.75, 3.05) is 13.6 Å². The van der Waals surface area contributed by atoms with Crippen molar-refractivity contribution < 1.29 is 8.42 Å². The number of hydrogen-bond acceptors (Lipinski definition) is 2. The molecule has 0 heterocycles. The third kappa shape index (κ3) is 4.04. The van der Waals surface area contributed by atoms with Crippen LogP contribution in [0.2, 0.25) is 0 Å². The summed E-state index contributed by atoms with van der Waals surface area (Å²) in [5, 5.41) is 4.93. The second-order valence-corrected chi connectivity index (χ2v) is 5.20. The van der Waals surface area contributed by atoms with E-state index in [0.29, 0.717) is 18.4 Å². The van der Waals surface area contributed by atoms with Gasteiger partial charge >= 0.3 is 0 Å². The number of nitrogens with zero attached hydrogens (tertiary/aromatic N) is 1. The Balaban J connectivity index is 4.11. The van der Waals surface area contributed by atoms with Gasteiger partial charge in [0.25, 0.3) is 10.2 Å². The van der Waals surface area contributed by atoms with Crippen LogP contribution in [-0.4, -0.2) is 26.3 Å². The van der Waals surface area contributed by atoms with Gasteiger partial charge in [-0.15, -0.1) is 0 Å². The molecule has 0 spiro atoms. The van der Waals surface area contributed by atoms with Crippen LogP contribution in [0.3, 0.4) is 0 Å². The summed E-state index contributed by atoms with van der Waals surface area (Å²) in [4.78, 5) is 0. The van der Waals surface area contributed by atoms with Gasteiger partial charge in [-0.05, 0) is 11.8 Å². The minimum atomic E-state index is -3.50. The van der Waals surface area contributed by atoms with Gasteiger partial charge in [0, 0.05) is 13.6 Å². The van der Waals surface area contributed by atoms with Gasteiger partial charge in [0.1, 0.15) is 0 Å². The SMILES string of the molecule is CC(C)[C@@H](C)CN(C)S(N)(=O)=O. The van der Waals surface area contributed by atoms with Crippen molar-refractivity contribution in [3.05, 3.63) is 0 Å². The first-order chi connectivity index (χ1) is 5.25. The largest absolute Gasteiger partial charge is 0.276 e. The Morgan fingerprint density at radius 1 is 1.33 bits per heavy atom. The smallest absolute Gasteiger partial charge is 0.216 e. The van der Waals surface area contributed by atoms with Gasteiger partial charge < -0.3 is 0 Å². The number of hydrogen-bond donors (Lipinski definition) is 1. The van der Waals surface area contributed by atoms with E-state index in [1.807, 2.05) is 6.92 Å². The summed E-state index contributed by atoms with van der Waals surface area (Å²) in [6.07, 6.45) is 0. The summed E-state index contributed by atoms with van der Waals surface area (Å²) >= 11 is 0. The topological polar surface area (TPSA) is 63.4 Å². The van der Waals surface area contributed by atoms with Crippen molar-refractivity contribution in [3.63, 3.8) is 0 Å². The standard InChI is InChI=1S/C7H18N2O2S/c1-6(2)7(3)5-9(4)12(8,10)11/h6-7H,5H2,1-4H3,(H2,8,10,11)/t7-/m0/s1. The van der Waals surface area contributed by atoms with Crippen LogP contribution in [0.5, 0.6) is 0 Å². The molecule has 0 aliphatic carbocycles. The highest BCUT2D eigenvalue weighted by molar-refractivity contribution is 7.86. The lowest BCUT2D eigenvalue weighted by Gasteiger charge is -2.21. The molecule has 1 atom stereocenters. The second kappa shape index (κ2) is 4.20. The normalized spacial score (nSPS) is 15.6. The minimum absolute atomic E-state index is 0.327. The highest BCUT2D eigenvalue weighted by Crippen LogP contribution is 2.11. The quantitative estimate of drug-likeness (QED) is 0.704. The average molecular weight is 194 g/mol. The predicted molar refractivity (Wildman–Crippen MR) is 49.7 cm³/mol. The molecule has 0 saturated heterocycles. The summed E-state index contributed by atoms with van der Waals surface area (Å²) < 4.78 is 22.8. The average Bonchev–Trinajstić information content (AvgIpc) is 1.85. The van der Waals surface area contributed by atoms with E-state index in [-0.39, 0.29) is 0 Å². The fraction of sp³-hybridized carbons (Fsp3) is 1.00. The third-order valence-corrected chi connectivity index (χ3v) is 3.14. The second-order valence-electron chi connectivity index (χ2n) is 3.55. The van der Waals surface area contributed by atoms with Crippen LogP contribution in [0.4, 0.5) is 0 Å². The molecule has 0 fully saturated rings. The van der Waals surface area contributed by atoms with E-state index in [2.05, 4.69) is 13.8 Å². The maximum atomic E-state index is 10.8. The lowest BCUT2D eigenvalue weighted by molar-refractivity contribution is 0.333. The van der Waals surface area contributed by atoms with E-state index in [0.717, 1.165) is 0 Å². The van der Waals surface area contributed by atoms with Gasteiger partial charge in [-0.2, -0.15) is 12.7 Å². The van der Waals surface area contributed by atoms with Gasteiger partial charge in [0.2, 0.25) is 0 Å². The van der Waals surface area contributed by atoms with Crippen LogP contribution in [0.25, 0.3) is 0 Å². The van der Waals surface area contributed by atoms with Crippen molar-refractivity contribution in [2.24, 2.45) is 17.0 Å². The Hall–Kier alpha value is -0.130. The highest BCUT2D eigenvalue weighted by Gasteiger charge is 2.16. The lowest BCUT2D eigenvalue weighted by Crippen LogP contribution is -2.37. The highest BCUT2D eigenvalue weighted by atomic mass is 32.2. The van der Waals surface area contributed by atoms with E-state index in [9.17, 15) is 8.42 Å². The van der Waals surface area contributed by atoms with E-state index in [1.54, 1.807) is 0 Å². The van der Waals surface area contributed by atoms with Gasteiger partial charge in [-0.25, -0.2) is 5.14 Å². The molecule has 0 rings (SSSR count). The summed E-state index contributed by atoms with van der Waals surface area (Å²) in [5.41, 5.74) is 0. The number of nitrogens with two attached hydrogens (primary N) is 1. The number of rotatable bonds is 4. The molecule has 0 unspecified atom stereocenters. The predicted octanol–water partition coefficient (Wildman–Crippen LogP) is 0.414. The Kier molecular flexibility index (Phi) is 4.16. The maximum absolute atomic E-state index is 10.8. The molecule has 0 amide bonds. The maximum Gasteiger partial charge on any atom is 0.276 e. The van der Waals surface area contributed by atoms with E-state index >= 15 is 0 Å². The molecule has 0 aliphatic heterocycles. The van der Waals surface area contributed by atoms with Gasteiger partial charge in [0.05, 0.1) is 0 Å². The third-order valence-electron chi connectivity index (χ3n) is 2.12. The molecular weight excluding hydrogens is 176 g/mol. The zero-order valence-electron chi connectivity index (χ0n) is 8.11. The summed E-state index contributed by atoms with van der Waals surface area (Å²) in [6.45, 7) is 6.60. The Morgan fingerprint density at radius 2 is 1.75 bits per heavy atom. The molecule has 0 aromatic carbocycles. The molecule has 0 aliphatic rings. The Labute approximate surface area is 74.9 Å². The molecule has 74 valence electrons. The monoisotopic (exact) mass is 194 g/mol. The van der Waals surface area contributed by atoms with Crippen LogP contribution in [0, 0.1) is 11.8 Å². The minimum Gasteiger partial charge on any atom is -0.216 e. The van der Waals surface area contributed by atoms with Crippen molar-refractivity contribution in [1.29, 1.82) is 0 Å². The lowest BCUT2D eigenvalue weighted by atomic mass is 9.98. The van der Waals surface area contributed by atoms with Crippen LogP contribution < -0.4 is 5.14 Å². The fourth-order valence-electron chi connectivity index (χ4n) is 0.720. The van der Waals surface area contributed by atoms with Crippen LogP contribution in [0.1, 0.15) is 20.8 Å². The van der Waals surface area contributed by atoms with Crippen LogP contribution in [-0.2, 0) is 10.2 Å². The molecule has 2 N–H and O–H groups in total. The Morgan fingerprint density at radius 3 is 2.00 bits per heavy atom. The molecule has 0 aromatic rings. The van der Waals surface area contributed by atoms with Crippen LogP contribution in [0.15, 0.2) is 0 Å². The molecule has 0 radical (unpaired) electrons. The van der Waals surface area contributed by atoms with E-state index < -0.39 is 10.2 Å². The molecule has 4 nitrogen and oxygen atoms in total. The zero-order valence-corrected chi connectivity index (χ0v) is 8.93. The van der Waals surface area contributed by atoms with E-state index in [1.165, 1.54) is 11.4 Å². The zero-order chi connectivity index (χ0) is 9.94. The molecule has 0 bridgehead atoms. The van der Waals surface area contributed by atoms with Gasteiger partial charge in [0.15, 0.2) is 0 Å². The molecule has 0 aromatic heterocycles. The molecular formula is C7H18N2O2S. The van der Waals surface area contributed by atoms with Crippen molar-refractivity contribution in [1.82, 2.24) is 4.31 Å². The first-order valence-corrected chi connectivity index (χ1v) is 5.49. The summed E-state index contributed by atoms with van der Waals surface area (Å²) in [5.74, 6) is 0.794. The fourth-order valence-corrected chi connectivity index (χ4v) is 1.16. The summed E-state index contributed by atoms with van der Waals surface area (Å²) in [6, 6.07) is 0. The first-order valence-electron chi connectivity index (χ1n) is 3.99. The first kappa shape index (κ1) is 11.9. The van der Waals surface area contributed by atoms with Crippen molar-refractivity contribution in [3.8, 4) is 0 Å². The van der Waals surface area contributed by atoms with Crippen molar-refractivity contribution in [2.45, 2.75) is 20.8 Å². The van der Waals surface area contributed by atoms with Crippen LogP contribution >= 0.6 is 0 Å². The molecule has 0 saturated carbocycles. The molecule has 5 heteroatoms. The van der Waals surface area contributed by atoms with Gasteiger partial charge in [-0.1, -0.05) is 20.8 Å². The van der Waals surface area contributed by atoms with Crippen molar-refractivity contribution >= 4 is 10.2 Å². The molecule has 12 heavy (non-hydrogen) atoms. The van der Waals surface area contributed by atoms with Gasteiger partial charge in [-0.3, -0.25) is 0 Å². The summed E-state index contributed by atoms with van der Waals surface area (Å²) in [7, 11) is -2.00. The van der Waals surface area contributed by atoms with E-state index in [4.69, 9.17) is 5.14 Å².